The zero-order chi connectivity index (χ0) is 24.7. The quantitative estimate of drug-likeness (QED) is 0.466. The molecule has 34 heavy (non-hydrogen) atoms. The van der Waals surface area contributed by atoms with Gasteiger partial charge < -0.3 is 10.2 Å². The zero-order valence-corrected chi connectivity index (χ0v) is 18.8. The van der Waals surface area contributed by atoms with Gasteiger partial charge in [-0.1, -0.05) is 53.6 Å². The first kappa shape index (κ1) is 24.3. The Kier molecular flexibility index (Phi) is 6.47. The van der Waals surface area contributed by atoms with E-state index in [2.05, 4.69) is 15.2 Å². The van der Waals surface area contributed by atoms with Crippen molar-refractivity contribution in [2.45, 2.75) is 37.4 Å². The second kappa shape index (κ2) is 9.06. The van der Waals surface area contributed by atoms with Gasteiger partial charge in [-0.05, 0) is 18.2 Å². The van der Waals surface area contributed by atoms with E-state index in [-0.39, 0.29) is 35.5 Å². The summed E-state index contributed by atoms with van der Waals surface area (Å²) < 4.78 is 40.9. The van der Waals surface area contributed by atoms with E-state index in [1.807, 2.05) is 0 Å². The Hall–Kier alpha value is -2.86. The van der Waals surface area contributed by atoms with E-state index in [1.165, 1.54) is 30.3 Å². The molecule has 3 aromatic rings. The topological polar surface area (TPSA) is 109 Å². The van der Waals surface area contributed by atoms with Crippen molar-refractivity contribution in [1.29, 1.82) is 0 Å². The summed E-state index contributed by atoms with van der Waals surface area (Å²) in [5.74, 6) is 0.212. The van der Waals surface area contributed by atoms with E-state index in [0.29, 0.717) is 10.6 Å². The number of hydrogen-bond donors (Lipinski definition) is 3. The van der Waals surface area contributed by atoms with E-state index < -0.39 is 30.1 Å². The van der Waals surface area contributed by atoms with E-state index in [9.17, 15) is 28.2 Å². The van der Waals surface area contributed by atoms with Gasteiger partial charge in [0.05, 0.1) is 18.8 Å². The van der Waals surface area contributed by atoms with Gasteiger partial charge >= 0.3 is 11.9 Å². The predicted molar refractivity (Wildman–Crippen MR) is 118 cm³/mol. The molecule has 0 aliphatic heterocycles. The van der Waals surface area contributed by atoms with Crippen LogP contribution < -0.4 is 5.69 Å². The standard InChI is InChI=1S/C21H18Cl2F3N5O3/c22-13-6-4-12(5-7-13)16-17(23)31(19(33)30(16)10-14(32)21(24,25)26)11-15-27-18(29-28-15)20(34)8-2-1-3-9-20/h1-8,14,32,34H,9-11H2,(H,27,28,29)/t14-,20+/m0/s1. The summed E-state index contributed by atoms with van der Waals surface area (Å²) in [5.41, 5.74) is -2.03. The number of aromatic nitrogens is 5. The average Bonchev–Trinajstić information content (AvgIpc) is 3.34. The lowest BCUT2D eigenvalue weighted by molar-refractivity contribution is -0.207. The van der Waals surface area contributed by atoms with Gasteiger partial charge in [0.2, 0.25) is 0 Å². The predicted octanol–water partition coefficient (Wildman–Crippen LogP) is 3.42. The summed E-state index contributed by atoms with van der Waals surface area (Å²) in [6.07, 6.45) is -0.825. The minimum Gasteiger partial charge on any atom is -0.382 e. The van der Waals surface area contributed by atoms with Crippen LogP contribution in [-0.4, -0.2) is 46.8 Å². The van der Waals surface area contributed by atoms with Gasteiger partial charge in [0.25, 0.3) is 0 Å². The molecule has 0 amide bonds. The third-order valence-corrected chi connectivity index (χ3v) is 5.93. The number of H-pyrrole nitrogens is 1. The number of nitrogens with zero attached hydrogens (tertiary/aromatic N) is 4. The second-order valence-electron chi connectivity index (χ2n) is 7.70. The Bertz CT molecular complexity index is 1310. The maximum absolute atomic E-state index is 13.1. The van der Waals surface area contributed by atoms with Crippen molar-refractivity contribution >= 4 is 23.2 Å². The van der Waals surface area contributed by atoms with E-state index in [1.54, 1.807) is 18.2 Å². The molecule has 180 valence electrons. The van der Waals surface area contributed by atoms with Crippen LogP contribution >= 0.6 is 23.2 Å². The smallest absolute Gasteiger partial charge is 0.382 e. The molecule has 0 saturated heterocycles. The molecule has 0 saturated carbocycles. The van der Waals surface area contributed by atoms with Crippen molar-refractivity contribution < 1.29 is 23.4 Å². The number of halogens is 5. The molecule has 2 atom stereocenters. The lowest BCUT2D eigenvalue weighted by Crippen LogP contribution is -2.37. The molecule has 13 heteroatoms. The molecule has 1 aliphatic rings. The normalized spacial score (nSPS) is 19.0. The van der Waals surface area contributed by atoms with Crippen LogP contribution in [0.1, 0.15) is 18.1 Å². The fourth-order valence-corrected chi connectivity index (χ4v) is 3.98. The highest BCUT2D eigenvalue weighted by molar-refractivity contribution is 6.32. The van der Waals surface area contributed by atoms with Crippen LogP contribution in [0.2, 0.25) is 10.2 Å². The lowest BCUT2D eigenvalue weighted by Gasteiger charge is -2.20. The van der Waals surface area contributed by atoms with E-state index >= 15 is 0 Å². The van der Waals surface area contributed by atoms with Gasteiger partial charge in [-0.25, -0.2) is 9.78 Å². The highest BCUT2D eigenvalue weighted by atomic mass is 35.5. The molecule has 3 N–H and O–H groups in total. The molecule has 0 bridgehead atoms. The third kappa shape index (κ3) is 4.69. The highest BCUT2D eigenvalue weighted by Gasteiger charge is 2.39. The number of allylic oxidation sites excluding steroid dienone is 2. The largest absolute Gasteiger partial charge is 0.416 e. The molecule has 4 rings (SSSR count). The van der Waals surface area contributed by atoms with Gasteiger partial charge in [-0.15, -0.1) is 0 Å². The Morgan fingerprint density at radius 3 is 2.50 bits per heavy atom. The Morgan fingerprint density at radius 1 is 1.18 bits per heavy atom. The number of nitrogens with one attached hydrogen (secondary N) is 1. The van der Waals surface area contributed by atoms with Crippen LogP contribution in [0.15, 0.2) is 53.4 Å². The number of aliphatic hydroxyl groups is 2. The Morgan fingerprint density at radius 2 is 1.88 bits per heavy atom. The molecule has 0 spiro atoms. The first-order valence-electron chi connectivity index (χ1n) is 9.97. The van der Waals surface area contributed by atoms with Gasteiger partial charge in [-0.2, -0.15) is 18.3 Å². The number of hydrogen-bond acceptors (Lipinski definition) is 5. The maximum atomic E-state index is 13.1. The van der Waals surface area contributed by atoms with Crippen molar-refractivity contribution in [2.75, 3.05) is 0 Å². The van der Waals surface area contributed by atoms with Crippen LogP contribution in [0.4, 0.5) is 13.2 Å². The molecule has 2 heterocycles. The number of rotatable bonds is 6. The van der Waals surface area contributed by atoms with Crippen LogP contribution in [0.25, 0.3) is 11.3 Å². The molecule has 0 radical (unpaired) electrons. The van der Waals surface area contributed by atoms with E-state index in [0.717, 1.165) is 9.13 Å². The third-order valence-electron chi connectivity index (χ3n) is 5.29. The monoisotopic (exact) mass is 515 g/mol. The highest BCUT2D eigenvalue weighted by Crippen LogP contribution is 2.31. The van der Waals surface area contributed by atoms with Gasteiger partial charge in [0.1, 0.15) is 16.6 Å². The minimum absolute atomic E-state index is 0.0228. The molecular formula is C21H18Cl2F3N5O3. The summed E-state index contributed by atoms with van der Waals surface area (Å²) in [4.78, 5) is 17.3. The van der Waals surface area contributed by atoms with E-state index in [4.69, 9.17) is 23.2 Å². The molecule has 8 nitrogen and oxygen atoms in total. The summed E-state index contributed by atoms with van der Waals surface area (Å²) in [6.45, 7) is -1.33. The number of imidazole rings is 1. The first-order chi connectivity index (χ1) is 16.0. The van der Waals surface area contributed by atoms with Crippen molar-refractivity contribution in [2.24, 2.45) is 0 Å². The SMILES string of the molecule is O=c1n(Cc2nc([C@@]3(O)C=CC=CC3)n[nH]2)c(Cl)c(-c2ccc(Cl)cc2)n1C[C@H](O)C(F)(F)F. The molecule has 1 aliphatic carbocycles. The number of benzene rings is 1. The second-order valence-corrected chi connectivity index (χ2v) is 8.50. The number of alkyl halides is 3. The van der Waals surface area contributed by atoms with Crippen LogP contribution in [0.5, 0.6) is 0 Å². The van der Waals surface area contributed by atoms with Crippen molar-refractivity contribution in [3.63, 3.8) is 0 Å². The summed E-state index contributed by atoms with van der Waals surface area (Å²) in [5, 5.41) is 27.2. The summed E-state index contributed by atoms with van der Waals surface area (Å²) in [6, 6.07) is 5.98. The molecule has 2 aromatic heterocycles. The first-order valence-corrected chi connectivity index (χ1v) is 10.7. The van der Waals surface area contributed by atoms with Crippen LogP contribution in [0.3, 0.4) is 0 Å². The number of aliphatic hydroxyl groups excluding tert-OH is 1. The fourth-order valence-electron chi connectivity index (χ4n) is 3.51. The maximum Gasteiger partial charge on any atom is 0.416 e. The zero-order valence-electron chi connectivity index (χ0n) is 17.3. The molecule has 1 aromatic carbocycles. The Labute approximate surface area is 200 Å². The average molecular weight is 516 g/mol. The van der Waals surface area contributed by atoms with Crippen molar-refractivity contribution in [3.8, 4) is 11.3 Å². The van der Waals surface area contributed by atoms with Crippen molar-refractivity contribution in [3.05, 3.63) is 80.9 Å². The molecular weight excluding hydrogens is 498 g/mol. The summed E-state index contributed by atoms with van der Waals surface area (Å²) >= 11 is 12.4. The molecule has 0 unspecified atom stereocenters. The van der Waals surface area contributed by atoms with Crippen LogP contribution in [0, 0.1) is 0 Å². The Balaban J connectivity index is 1.74. The lowest BCUT2D eigenvalue weighted by atomic mass is 9.95. The van der Waals surface area contributed by atoms with Crippen molar-refractivity contribution in [1.82, 2.24) is 24.3 Å². The summed E-state index contributed by atoms with van der Waals surface area (Å²) in [7, 11) is 0. The number of aromatic amines is 1. The van der Waals surface area contributed by atoms with Gasteiger partial charge in [0.15, 0.2) is 11.9 Å². The van der Waals surface area contributed by atoms with Crippen LogP contribution in [-0.2, 0) is 18.7 Å². The fraction of sp³-hybridized carbons (Fsp3) is 0.286. The van der Waals surface area contributed by atoms with Gasteiger partial charge in [-0.3, -0.25) is 14.2 Å². The van der Waals surface area contributed by atoms with Gasteiger partial charge in [0, 0.05) is 17.0 Å². The minimum atomic E-state index is -4.94. The molecule has 0 fully saturated rings.